The van der Waals surface area contributed by atoms with Crippen molar-refractivity contribution in [3.05, 3.63) is 55.3 Å². The molecule has 0 saturated heterocycles. The molecular weight excluding hydrogens is 212 g/mol. The molecule has 0 fully saturated rings. The first-order valence-corrected chi connectivity index (χ1v) is 5.23. The third-order valence-corrected chi connectivity index (χ3v) is 2.70. The van der Waals surface area contributed by atoms with E-state index in [1.807, 2.05) is 0 Å². The van der Waals surface area contributed by atoms with Gasteiger partial charge < -0.3 is 4.18 Å². The summed E-state index contributed by atoms with van der Waals surface area (Å²) in [5, 5.41) is 0. The van der Waals surface area contributed by atoms with E-state index in [9.17, 15) is 9.00 Å². The largest absolute Gasteiger partial charge is 0.406 e. The van der Waals surface area contributed by atoms with E-state index in [1.165, 1.54) is 6.08 Å². The van der Waals surface area contributed by atoms with Gasteiger partial charge >= 0.3 is 0 Å². The molecule has 0 amide bonds. The first kappa shape index (κ1) is 11.4. The Kier molecular flexibility index (Phi) is 4.00. The maximum Gasteiger partial charge on any atom is 0.240 e. The highest BCUT2D eigenvalue weighted by Crippen LogP contribution is 2.15. The third kappa shape index (κ3) is 2.63. The van der Waals surface area contributed by atoms with E-state index in [2.05, 4.69) is 13.2 Å². The number of hydrogen-bond donors (Lipinski definition) is 0. The van der Waals surface area contributed by atoms with Gasteiger partial charge in [-0.2, -0.15) is 0 Å². The van der Waals surface area contributed by atoms with Crippen molar-refractivity contribution in [3.8, 4) is 0 Å². The first-order chi connectivity index (χ1) is 7.20. The predicted molar refractivity (Wildman–Crippen MR) is 58.7 cm³/mol. The van der Waals surface area contributed by atoms with Crippen molar-refractivity contribution in [3.63, 3.8) is 0 Å². The van der Waals surface area contributed by atoms with Gasteiger partial charge in [0.25, 0.3) is 0 Å². The summed E-state index contributed by atoms with van der Waals surface area (Å²) in [5.41, 5.74) is 0.327. The van der Waals surface area contributed by atoms with E-state index in [4.69, 9.17) is 4.18 Å². The van der Waals surface area contributed by atoms with Gasteiger partial charge in [0.15, 0.2) is 5.78 Å². The molecule has 1 aromatic carbocycles. The van der Waals surface area contributed by atoms with Crippen LogP contribution in [-0.2, 0) is 15.3 Å². The van der Waals surface area contributed by atoms with Crippen LogP contribution in [0.15, 0.2) is 54.7 Å². The van der Waals surface area contributed by atoms with Crippen molar-refractivity contribution in [2.75, 3.05) is 0 Å². The smallest absolute Gasteiger partial charge is 0.240 e. The van der Waals surface area contributed by atoms with Crippen LogP contribution in [0.4, 0.5) is 0 Å². The summed E-state index contributed by atoms with van der Waals surface area (Å²) in [7, 11) is 0. The quantitative estimate of drug-likeness (QED) is 0.436. The third-order valence-electron chi connectivity index (χ3n) is 1.67. The molecule has 0 heterocycles. The number of allylic oxidation sites excluding steroid dienone is 1. The summed E-state index contributed by atoms with van der Waals surface area (Å²) < 4.78 is 16.2. The highest BCUT2D eigenvalue weighted by Gasteiger charge is 2.13. The van der Waals surface area contributed by atoms with Crippen molar-refractivity contribution in [2.45, 2.75) is 4.90 Å². The second kappa shape index (κ2) is 5.26. The van der Waals surface area contributed by atoms with Crippen LogP contribution < -0.4 is 0 Å². The molecule has 0 aliphatic rings. The van der Waals surface area contributed by atoms with Gasteiger partial charge in [-0.3, -0.25) is 4.79 Å². The Labute approximate surface area is 90.7 Å². The zero-order valence-corrected chi connectivity index (χ0v) is 8.83. The first-order valence-electron chi connectivity index (χ1n) is 4.16. The van der Waals surface area contributed by atoms with Crippen LogP contribution in [0, 0.1) is 0 Å². The minimum atomic E-state index is -1.70. The maximum absolute atomic E-state index is 11.5. The van der Waals surface area contributed by atoms with E-state index in [0.29, 0.717) is 10.5 Å². The summed E-state index contributed by atoms with van der Waals surface area (Å²) in [6.45, 7) is 6.67. The average Bonchev–Trinajstić information content (AvgIpc) is 2.28. The van der Waals surface area contributed by atoms with Gasteiger partial charge in [0.2, 0.25) is 11.1 Å². The second-order valence-electron chi connectivity index (χ2n) is 2.56. The van der Waals surface area contributed by atoms with Gasteiger partial charge in [-0.15, -0.1) is 0 Å². The standard InChI is InChI=1S/C11H10O3S/c1-3-10(12)9-7-5-6-8-11(9)15(13)14-4-2/h3-8H,1-2H2. The molecule has 0 aliphatic heterocycles. The minimum absolute atomic E-state index is 0.286. The number of hydrogen-bond acceptors (Lipinski definition) is 3. The lowest BCUT2D eigenvalue weighted by molar-refractivity contribution is 0.104. The van der Waals surface area contributed by atoms with Crippen molar-refractivity contribution >= 4 is 16.9 Å². The zero-order chi connectivity index (χ0) is 11.3. The minimum Gasteiger partial charge on any atom is -0.406 e. The fourth-order valence-electron chi connectivity index (χ4n) is 1.04. The molecule has 0 aromatic heterocycles. The molecule has 1 atom stereocenters. The Bertz CT molecular complexity index is 424. The Morgan fingerprint density at radius 1 is 1.33 bits per heavy atom. The highest BCUT2D eigenvalue weighted by molar-refractivity contribution is 7.80. The van der Waals surface area contributed by atoms with E-state index < -0.39 is 11.1 Å². The molecule has 1 rings (SSSR count). The lowest BCUT2D eigenvalue weighted by Crippen LogP contribution is -2.03. The molecule has 4 heteroatoms. The number of carbonyl (C=O) groups excluding carboxylic acids is 1. The molecule has 0 saturated carbocycles. The molecule has 0 bridgehead atoms. The summed E-state index contributed by atoms with van der Waals surface area (Å²) in [6.07, 6.45) is 2.25. The van der Waals surface area contributed by atoms with Crippen LogP contribution in [-0.4, -0.2) is 9.99 Å². The summed E-state index contributed by atoms with van der Waals surface area (Å²) in [6, 6.07) is 6.50. The van der Waals surface area contributed by atoms with Gasteiger partial charge in [-0.05, 0) is 18.2 Å². The molecule has 15 heavy (non-hydrogen) atoms. The van der Waals surface area contributed by atoms with Crippen molar-refractivity contribution in [1.29, 1.82) is 0 Å². The Morgan fingerprint density at radius 2 is 2.00 bits per heavy atom. The van der Waals surface area contributed by atoms with E-state index in [-0.39, 0.29) is 5.78 Å². The Balaban J connectivity index is 3.16. The molecule has 1 unspecified atom stereocenters. The molecule has 0 spiro atoms. The fraction of sp³-hybridized carbons (Fsp3) is 0. The summed E-state index contributed by atoms with van der Waals surface area (Å²) >= 11 is -1.70. The van der Waals surface area contributed by atoms with Crippen molar-refractivity contribution < 1.29 is 13.2 Å². The van der Waals surface area contributed by atoms with Gasteiger partial charge in [0.05, 0.1) is 11.2 Å². The van der Waals surface area contributed by atoms with Gasteiger partial charge in [0, 0.05) is 5.56 Å². The second-order valence-corrected chi connectivity index (χ2v) is 3.66. The predicted octanol–water partition coefficient (Wildman–Crippen LogP) is 2.24. The van der Waals surface area contributed by atoms with Crippen LogP contribution in [0.25, 0.3) is 0 Å². The highest BCUT2D eigenvalue weighted by atomic mass is 32.2. The van der Waals surface area contributed by atoms with Gasteiger partial charge in [-0.1, -0.05) is 25.3 Å². The van der Waals surface area contributed by atoms with Crippen LogP contribution in [0.3, 0.4) is 0 Å². The topological polar surface area (TPSA) is 43.4 Å². The molecule has 78 valence electrons. The van der Waals surface area contributed by atoms with Crippen molar-refractivity contribution in [1.82, 2.24) is 0 Å². The molecular formula is C11H10O3S. The molecule has 0 radical (unpaired) electrons. The Hall–Kier alpha value is -1.68. The summed E-state index contributed by atoms with van der Waals surface area (Å²) in [4.78, 5) is 11.7. The van der Waals surface area contributed by atoms with E-state index >= 15 is 0 Å². The molecule has 3 nitrogen and oxygen atoms in total. The van der Waals surface area contributed by atoms with E-state index in [1.54, 1.807) is 24.3 Å². The van der Waals surface area contributed by atoms with Crippen LogP contribution in [0.1, 0.15) is 10.4 Å². The SMILES string of the molecule is C=COS(=O)c1ccccc1C(=O)C=C. The number of carbonyl (C=O) groups is 1. The van der Waals surface area contributed by atoms with Gasteiger partial charge in [-0.25, -0.2) is 4.21 Å². The number of benzene rings is 1. The normalized spacial score (nSPS) is 11.5. The summed E-state index contributed by atoms with van der Waals surface area (Å²) in [5.74, 6) is -0.286. The lowest BCUT2D eigenvalue weighted by atomic mass is 10.1. The van der Waals surface area contributed by atoms with Crippen LogP contribution in [0.2, 0.25) is 0 Å². The molecule has 0 aliphatic carbocycles. The zero-order valence-electron chi connectivity index (χ0n) is 8.01. The maximum atomic E-state index is 11.5. The number of rotatable bonds is 5. The average molecular weight is 222 g/mol. The molecule has 0 N–H and O–H groups in total. The monoisotopic (exact) mass is 222 g/mol. The molecule has 1 aromatic rings. The van der Waals surface area contributed by atoms with Gasteiger partial charge in [0.1, 0.15) is 0 Å². The van der Waals surface area contributed by atoms with Crippen molar-refractivity contribution in [2.24, 2.45) is 0 Å². The number of ketones is 1. The van der Waals surface area contributed by atoms with Crippen LogP contribution in [0.5, 0.6) is 0 Å². The Morgan fingerprint density at radius 3 is 2.60 bits per heavy atom. The van der Waals surface area contributed by atoms with Crippen LogP contribution >= 0.6 is 0 Å². The fourth-order valence-corrected chi connectivity index (χ4v) is 1.80. The lowest BCUT2D eigenvalue weighted by Gasteiger charge is -2.04. The van der Waals surface area contributed by atoms with E-state index in [0.717, 1.165) is 6.26 Å².